The summed E-state index contributed by atoms with van der Waals surface area (Å²) >= 11 is 0. The van der Waals surface area contributed by atoms with E-state index in [1.165, 1.54) is 11.1 Å². The summed E-state index contributed by atoms with van der Waals surface area (Å²) in [6.45, 7) is 4.82. The molecule has 0 heterocycles. The molecule has 18 heavy (non-hydrogen) atoms. The number of para-hydroxylation sites is 1. The highest BCUT2D eigenvalue weighted by Crippen LogP contribution is 2.20. The Labute approximate surface area is 108 Å². The summed E-state index contributed by atoms with van der Waals surface area (Å²) in [5, 5.41) is 12.4. The number of hydrogen-bond acceptors (Lipinski definition) is 2. The van der Waals surface area contributed by atoms with Crippen LogP contribution in [0.15, 0.2) is 42.5 Å². The zero-order valence-corrected chi connectivity index (χ0v) is 10.7. The molecule has 90 valence electrons. The summed E-state index contributed by atoms with van der Waals surface area (Å²) in [5.41, 5.74) is 5.20. The molecule has 0 aliphatic heterocycles. The van der Waals surface area contributed by atoms with Gasteiger partial charge in [-0.15, -0.1) is 0 Å². The first-order valence-corrected chi connectivity index (χ1v) is 6.00. The maximum Gasteiger partial charge on any atom is 0.101 e. The summed E-state index contributed by atoms with van der Waals surface area (Å²) < 4.78 is 0. The third-order valence-corrected chi connectivity index (χ3v) is 2.98. The Morgan fingerprint density at radius 1 is 1.06 bits per heavy atom. The summed E-state index contributed by atoms with van der Waals surface area (Å²) in [4.78, 5) is 0. The average Bonchev–Trinajstić information content (AvgIpc) is 2.39. The predicted octanol–water partition coefficient (Wildman–Crippen LogP) is 3.79. The van der Waals surface area contributed by atoms with E-state index >= 15 is 0 Å². The van der Waals surface area contributed by atoms with Crippen LogP contribution in [0.4, 0.5) is 5.69 Å². The first-order chi connectivity index (χ1) is 8.70. The van der Waals surface area contributed by atoms with Crippen molar-refractivity contribution in [3.63, 3.8) is 0 Å². The van der Waals surface area contributed by atoms with E-state index in [-0.39, 0.29) is 0 Å². The number of nitrogens with one attached hydrogen (secondary N) is 1. The molecular weight excluding hydrogens is 220 g/mol. The third kappa shape index (κ3) is 2.70. The van der Waals surface area contributed by atoms with E-state index in [1.54, 1.807) is 0 Å². The van der Waals surface area contributed by atoms with Gasteiger partial charge in [0.2, 0.25) is 0 Å². The third-order valence-electron chi connectivity index (χ3n) is 2.98. The molecule has 2 nitrogen and oxygen atoms in total. The zero-order chi connectivity index (χ0) is 13.0. The molecule has 2 heteroatoms. The second-order valence-electron chi connectivity index (χ2n) is 4.45. The molecule has 0 saturated heterocycles. The summed E-state index contributed by atoms with van der Waals surface area (Å²) in [6, 6.07) is 16.4. The Bertz CT molecular complexity index is 577. The minimum Gasteiger partial charge on any atom is -0.380 e. The molecule has 0 aliphatic rings. The number of benzene rings is 2. The first kappa shape index (κ1) is 12.2. The standard InChI is InChI=1S/C16H16N2/c1-12-6-8-14(9-7-12)11-18-16-13(2)4-3-5-15(16)10-17/h3-9,18H,11H2,1-2H3. The SMILES string of the molecule is Cc1ccc(CNc2c(C)cccc2C#N)cc1. The van der Waals surface area contributed by atoms with Crippen LogP contribution in [0.1, 0.15) is 22.3 Å². The van der Waals surface area contributed by atoms with Gasteiger partial charge in [0.15, 0.2) is 0 Å². The molecule has 0 fully saturated rings. The minimum absolute atomic E-state index is 0.696. The second kappa shape index (κ2) is 5.37. The van der Waals surface area contributed by atoms with Crippen LogP contribution >= 0.6 is 0 Å². The minimum atomic E-state index is 0.696. The van der Waals surface area contributed by atoms with Crippen LogP contribution in [0.5, 0.6) is 0 Å². The Kier molecular flexibility index (Phi) is 3.64. The Morgan fingerprint density at radius 2 is 1.78 bits per heavy atom. The van der Waals surface area contributed by atoms with E-state index in [0.29, 0.717) is 5.56 Å². The van der Waals surface area contributed by atoms with Gasteiger partial charge < -0.3 is 5.32 Å². The van der Waals surface area contributed by atoms with Gasteiger partial charge in [0.1, 0.15) is 6.07 Å². The van der Waals surface area contributed by atoms with E-state index in [0.717, 1.165) is 17.8 Å². The normalized spacial score (nSPS) is 9.83. The van der Waals surface area contributed by atoms with Crippen LogP contribution < -0.4 is 5.32 Å². The smallest absolute Gasteiger partial charge is 0.101 e. The van der Waals surface area contributed by atoms with Gasteiger partial charge in [0.25, 0.3) is 0 Å². The highest BCUT2D eigenvalue weighted by atomic mass is 14.9. The Hall–Kier alpha value is -2.27. The lowest BCUT2D eigenvalue weighted by molar-refractivity contribution is 1.13. The molecule has 0 aromatic heterocycles. The Morgan fingerprint density at radius 3 is 2.44 bits per heavy atom. The molecule has 0 aliphatic carbocycles. The van der Waals surface area contributed by atoms with Crippen molar-refractivity contribution in [1.29, 1.82) is 5.26 Å². The van der Waals surface area contributed by atoms with E-state index in [2.05, 4.69) is 42.6 Å². The van der Waals surface area contributed by atoms with Crippen molar-refractivity contribution < 1.29 is 0 Å². The average molecular weight is 236 g/mol. The maximum atomic E-state index is 9.09. The van der Waals surface area contributed by atoms with Crippen molar-refractivity contribution in [2.24, 2.45) is 0 Å². The molecular formula is C16H16N2. The molecule has 1 N–H and O–H groups in total. The highest BCUT2D eigenvalue weighted by molar-refractivity contribution is 5.62. The molecule has 0 radical (unpaired) electrons. The highest BCUT2D eigenvalue weighted by Gasteiger charge is 2.04. The van der Waals surface area contributed by atoms with Crippen molar-refractivity contribution in [1.82, 2.24) is 0 Å². The quantitative estimate of drug-likeness (QED) is 0.880. The molecule has 0 bridgehead atoms. The molecule has 2 aromatic rings. The van der Waals surface area contributed by atoms with Crippen LogP contribution in [0, 0.1) is 25.2 Å². The number of aryl methyl sites for hydroxylation is 2. The van der Waals surface area contributed by atoms with Crippen molar-refractivity contribution >= 4 is 5.69 Å². The van der Waals surface area contributed by atoms with Gasteiger partial charge in [-0.25, -0.2) is 0 Å². The van der Waals surface area contributed by atoms with Gasteiger partial charge >= 0.3 is 0 Å². The molecule has 2 aromatic carbocycles. The molecule has 2 rings (SSSR count). The number of anilines is 1. The number of nitriles is 1. The molecule has 0 saturated carbocycles. The Balaban J connectivity index is 2.16. The summed E-state index contributed by atoms with van der Waals surface area (Å²) in [5.74, 6) is 0. The van der Waals surface area contributed by atoms with E-state index in [4.69, 9.17) is 5.26 Å². The van der Waals surface area contributed by atoms with Crippen LogP contribution in [0.3, 0.4) is 0 Å². The monoisotopic (exact) mass is 236 g/mol. The molecule has 0 atom stereocenters. The number of hydrogen-bond donors (Lipinski definition) is 1. The first-order valence-electron chi connectivity index (χ1n) is 6.00. The van der Waals surface area contributed by atoms with Gasteiger partial charge in [-0.05, 0) is 31.0 Å². The van der Waals surface area contributed by atoms with Crippen molar-refractivity contribution in [2.45, 2.75) is 20.4 Å². The van der Waals surface area contributed by atoms with E-state index in [1.807, 2.05) is 25.1 Å². The summed E-state index contributed by atoms with van der Waals surface area (Å²) in [7, 11) is 0. The second-order valence-corrected chi connectivity index (χ2v) is 4.45. The maximum absolute atomic E-state index is 9.09. The van der Waals surface area contributed by atoms with E-state index < -0.39 is 0 Å². The number of nitrogens with zero attached hydrogens (tertiary/aromatic N) is 1. The van der Waals surface area contributed by atoms with Gasteiger partial charge in [-0.3, -0.25) is 0 Å². The van der Waals surface area contributed by atoms with Gasteiger partial charge in [0.05, 0.1) is 11.3 Å². The van der Waals surface area contributed by atoms with Crippen molar-refractivity contribution in [3.8, 4) is 6.07 Å². The van der Waals surface area contributed by atoms with Gasteiger partial charge in [-0.2, -0.15) is 5.26 Å². The zero-order valence-electron chi connectivity index (χ0n) is 10.7. The van der Waals surface area contributed by atoms with E-state index in [9.17, 15) is 0 Å². The van der Waals surface area contributed by atoms with Crippen LogP contribution in [0.25, 0.3) is 0 Å². The lowest BCUT2D eigenvalue weighted by atomic mass is 10.1. The van der Waals surface area contributed by atoms with Crippen LogP contribution in [-0.4, -0.2) is 0 Å². The lowest BCUT2D eigenvalue weighted by Gasteiger charge is -2.11. The molecule has 0 spiro atoms. The van der Waals surface area contributed by atoms with Gasteiger partial charge in [-0.1, -0.05) is 42.0 Å². The fourth-order valence-corrected chi connectivity index (χ4v) is 1.89. The molecule has 0 unspecified atom stereocenters. The van der Waals surface area contributed by atoms with Crippen LogP contribution in [0.2, 0.25) is 0 Å². The predicted molar refractivity (Wildman–Crippen MR) is 74.4 cm³/mol. The fraction of sp³-hybridized carbons (Fsp3) is 0.188. The van der Waals surface area contributed by atoms with Crippen molar-refractivity contribution in [3.05, 3.63) is 64.7 Å². The lowest BCUT2D eigenvalue weighted by Crippen LogP contribution is -2.03. The fourth-order valence-electron chi connectivity index (χ4n) is 1.89. The van der Waals surface area contributed by atoms with Crippen molar-refractivity contribution in [2.75, 3.05) is 5.32 Å². The number of rotatable bonds is 3. The largest absolute Gasteiger partial charge is 0.380 e. The van der Waals surface area contributed by atoms with Crippen LogP contribution in [-0.2, 0) is 6.54 Å². The topological polar surface area (TPSA) is 35.8 Å². The van der Waals surface area contributed by atoms with Gasteiger partial charge in [0, 0.05) is 6.54 Å². The summed E-state index contributed by atoms with van der Waals surface area (Å²) in [6.07, 6.45) is 0. The molecule has 0 amide bonds.